The van der Waals surface area contributed by atoms with Crippen molar-refractivity contribution in [1.82, 2.24) is 15.3 Å². The van der Waals surface area contributed by atoms with Gasteiger partial charge in [-0.15, -0.1) is 0 Å². The molecule has 7 nitrogen and oxygen atoms in total. The van der Waals surface area contributed by atoms with Gasteiger partial charge in [0.05, 0.1) is 5.84 Å². The average molecular weight is 417 g/mol. The Bertz CT molecular complexity index is 647. The smallest absolute Gasteiger partial charge is 0.370 e. The van der Waals surface area contributed by atoms with E-state index in [1.165, 1.54) is 24.0 Å². The molecule has 14 heteroatoms. The summed E-state index contributed by atoms with van der Waals surface area (Å²) >= 11 is 1.18. The third-order valence-electron chi connectivity index (χ3n) is 2.62. The Balaban J connectivity index is 2.39. The van der Waals surface area contributed by atoms with Crippen LogP contribution in [0.25, 0.3) is 0 Å². The van der Waals surface area contributed by atoms with Gasteiger partial charge in [-0.25, -0.2) is 15.0 Å². The molecule has 1 aromatic heterocycles. The predicted molar refractivity (Wildman–Crippen MR) is 89.9 cm³/mol. The van der Waals surface area contributed by atoms with E-state index in [-0.39, 0.29) is 18.1 Å². The summed E-state index contributed by atoms with van der Waals surface area (Å²) in [5, 5.41) is 12.0. The molecule has 0 spiro atoms. The van der Waals surface area contributed by atoms with Gasteiger partial charge in [-0.1, -0.05) is 11.8 Å². The van der Waals surface area contributed by atoms with E-state index in [9.17, 15) is 26.3 Å². The van der Waals surface area contributed by atoms with Crippen LogP contribution in [0.4, 0.5) is 32.2 Å². The van der Waals surface area contributed by atoms with Crippen molar-refractivity contribution in [3.63, 3.8) is 0 Å². The summed E-state index contributed by atoms with van der Waals surface area (Å²) in [6.07, 6.45) is -6.96. The number of guanidine groups is 1. The number of hydrogen-bond acceptors (Lipinski definition) is 5. The predicted octanol–water partition coefficient (Wildman–Crippen LogP) is 2.77. The van der Waals surface area contributed by atoms with E-state index < -0.39 is 31.4 Å². The fourth-order valence-electron chi connectivity index (χ4n) is 1.53. The number of nitrogens with zero attached hydrogens (tertiary/aromatic N) is 3. The van der Waals surface area contributed by atoms with Crippen molar-refractivity contribution in [1.29, 1.82) is 5.41 Å². The highest BCUT2D eigenvalue weighted by molar-refractivity contribution is 7.99. The highest BCUT2D eigenvalue weighted by atomic mass is 32.2. The van der Waals surface area contributed by atoms with Gasteiger partial charge in [0, 0.05) is 18.4 Å². The molecule has 0 aliphatic heterocycles. The van der Waals surface area contributed by atoms with Gasteiger partial charge in [-0.05, 0) is 12.5 Å². The minimum Gasteiger partial charge on any atom is -0.370 e. The number of nitrogens with two attached hydrogens (primary N) is 1. The largest absolute Gasteiger partial charge is 0.408 e. The van der Waals surface area contributed by atoms with Crippen molar-refractivity contribution in [2.75, 3.05) is 24.2 Å². The van der Waals surface area contributed by atoms with Gasteiger partial charge in [0.25, 0.3) is 0 Å². The number of aliphatic imine (C=N–C) groups is 1. The maximum Gasteiger partial charge on any atom is 0.408 e. The lowest BCUT2D eigenvalue weighted by Crippen LogP contribution is -2.33. The molecule has 0 atom stereocenters. The second-order valence-electron chi connectivity index (χ2n) is 5.07. The molecule has 0 fully saturated rings. The first-order valence-electron chi connectivity index (χ1n) is 7.42. The van der Waals surface area contributed by atoms with Crippen molar-refractivity contribution in [3.05, 3.63) is 12.3 Å². The molecule has 0 amide bonds. The number of thioether (sulfide) groups is 1. The topological polar surface area (TPSA) is 112 Å². The highest BCUT2D eigenvalue weighted by Crippen LogP contribution is 2.17. The molecule has 0 radical (unpaired) electrons. The van der Waals surface area contributed by atoms with Gasteiger partial charge in [0.15, 0.2) is 11.1 Å². The fourth-order valence-corrected chi connectivity index (χ4v) is 2.30. The monoisotopic (exact) mass is 417 g/mol. The van der Waals surface area contributed by atoms with Gasteiger partial charge in [-0.2, -0.15) is 26.3 Å². The summed E-state index contributed by atoms with van der Waals surface area (Å²) in [5.74, 6) is -0.100. The molecular formula is C13H17F6N7S. The third kappa shape index (κ3) is 11.9. The van der Waals surface area contributed by atoms with Crippen LogP contribution < -0.4 is 16.4 Å². The lowest BCUT2D eigenvalue weighted by molar-refractivity contribution is -0.122. The van der Waals surface area contributed by atoms with Crippen molar-refractivity contribution in [3.8, 4) is 0 Å². The van der Waals surface area contributed by atoms with E-state index >= 15 is 0 Å². The first-order chi connectivity index (χ1) is 12.4. The molecule has 27 heavy (non-hydrogen) atoms. The van der Waals surface area contributed by atoms with Crippen LogP contribution in [0.15, 0.2) is 22.4 Å². The van der Waals surface area contributed by atoms with Crippen molar-refractivity contribution in [2.45, 2.75) is 30.4 Å². The van der Waals surface area contributed by atoms with Crippen LogP contribution in [0.5, 0.6) is 0 Å². The van der Waals surface area contributed by atoms with E-state index in [4.69, 9.17) is 11.1 Å². The second-order valence-corrected chi connectivity index (χ2v) is 6.13. The lowest BCUT2D eigenvalue weighted by atomic mass is 10.3. The van der Waals surface area contributed by atoms with E-state index in [2.05, 4.69) is 20.3 Å². The SMILES string of the molecule is N=C(CCCSc1nccc(NC(N)=NCC(F)(F)F)n1)NCC(F)(F)F. The Morgan fingerprint density at radius 3 is 2.56 bits per heavy atom. The summed E-state index contributed by atoms with van der Waals surface area (Å²) in [7, 11) is 0. The Morgan fingerprint density at radius 1 is 1.22 bits per heavy atom. The van der Waals surface area contributed by atoms with Gasteiger partial charge in [-0.3, -0.25) is 5.41 Å². The molecule has 0 bridgehead atoms. The number of amidine groups is 1. The van der Waals surface area contributed by atoms with E-state index in [1.807, 2.05) is 5.32 Å². The molecule has 1 heterocycles. The summed E-state index contributed by atoms with van der Waals surface area (Å²) in [6, 6.07) is 1.39. The molecule has 0 aliphatic rings. The standard InChI is InChI=1S/C13H17F6N7S/c14-12(15,16)6-23-8(20)2-1-5-27-11-22-4-3-9(26-11)25-10(21)24-7-13(17,18)19/h3-4H,1-2,5-7H2,(H2,20,23)(H3,21,22,24,25,26). The van der Waals surface area contributed by atoms with Crippen LogP contribution in [-0.2, 0) is 0 Å². The number of alkyl halides is 6. The first-order valence-corrected chi connectivity index (χ1v) is 8.41. The molecule has 0 aliphatic carbocycles. The molecule has 0 saturated carbocycles. The molecule has 1 aromatic rings. The highest BCUT2D eigenvalue weighted by Gasteiger charge is 2.27. The van der Waals surface area contributed by atoms with Gasteiger partial charge < -0.3 is 16.4 Å². The Kier molecular flexibility index (Phi) is 8.59. The Morgan fingerprint density at radius 2 is 1.93 bits per heavy atom. The van der Waals surface area contributed by atoms with Crippen LogP contribution in [0.2, 0.25) is 0 Å². The Hall–Kier alpha value is -2.25. The number of nitrogens with one attached hydrogen (secondary N) is 3. The zero-order valence-corrected chi connectivity index (χ0v) is 14.6. The van der Waals surface area contributed by atoms with Crippen LogP contribution >= 0.6 is 11.8 Å². The average Bonchev–Trinajstić information content (AvgIpc) is 2.54. The number of anilines is 1. The summed E-state index contributed by atoms with van der Waals surface area (Å²) in [4.78, 5) is 11.1. The maximum absolute atomic E-state index is 12.1. The van der Waals surface area contributed by atoms with E-state index in [1.54, 1.807) is 0 Å². The summed E-state index contributed by atoms with van der Waals surface area (Å²) in [5.41, 5.74) is 5.34. The van der Waals surface area contributed by atoms with E-state index in [0.717, 1.165) is 0 Å². The molecular weight excluding hydrogens is 400 g/mol. The molecule has 152 valence electrons. The van der Waals surface area contributed by atoms with Crippen molar-refractivity contribution >= 4 is 29.4 Å². The molecule has 0 saturated heterocycles. The van der Waals surface area contributed by atoms with E-state index in [0.29, 0.717) is 17.3 Å². The van der Waals surface area contributed by atoms with Crippen molar-refractivity contribution in [2.24, 2.45) is 10.7 Å². The maximum atomic E-state index is 12.1. The molecule has 1 rings (SSSR count). The number of halogens is 6. The summed E-state index contributed by atoms with van der Waals surface area (Å²) < 4.78 is 72.2. The van der Waals surface area contributed by atoms with Crippen LogP contribution in [-0.4, -0.2) is 53.0 Å². The number of rotatable bonds is 8. The quantitative estimate of drug-likeness (QED) is 0.129. The number of aromatic nitrogens is 2. The molecule has 0 unspecified atom stereocenters. The van der Waals surface area contributed by atoms with Crippen LogP contribution in [0.1, 0.15) is 12.8 Å². The minimum absolute atomic E-state index is 0.123. The fraction of sp³-hybridized carbons (Fsp3) is 0.538. The number of hydrogen-bond donors (Lipinski definition) is 4. The zero-order chi connectivity index (χ0) is 20.5. The van der Waals surface area contributed by atoms with Crippen LogP contribution in [0.3, 0.4) is 0 Å². The van der Waals surface area contributed by atoms with Crippen LogP contribution in [0, 0.1) is 5.41 Å². The summed E-state index contributed by atoms with van der Waals surface area (Å²) in [6.45, 7) is -2.68. The zero-order valence-electron chi connectivity index (χ0n) is 13.8. The molecule has 0 aromatic carbocycles. The van der Waals surface area contributed by atoms with Gasteiger partial charge in [0.2, 0.25) is 0 Å². The second kappa shape index (κ2) is 10.2. The minimum atomic E-state index is -4.47. The normalized spacial score (nSPS) is 12.7. The lowest BCUT2D eigenvalue weighted by Gasteiger charge is -2.10. The first kappa shape index (κ1) is 22.8. The Labute approximate surface area is 154 Å². The van der Waals surface area contributed by atoms with Gasteiger partial charge in [0.1, 0.15) is 18.9 Å². The van der Waals surface area contributed by atoms with Gasteiger partial charge >= 0.3 is 12.4 Å². The third-order valence-corrected chi connectivity index (χ3v) is 3.57. The molecule has 5 N–H and O–H groups in total. The van der Waals surface area contributed by atoms with Crippen molar-refractivity contribution < 1.29 is 26.3 Å².